The van der Waals surface area contributed by atoms with E-state index in [1.807, 2.05) is 85.5 Å². The molecule has 0 bridgehead atoms. The van der Waals surface area contributed by atoms with Gasteiger partial charge in [0.1, 0.15) is 0 Å². The topological polar surface area (TPSA) is 79.4 Å². The predicted molar refractivity (Wildman–Crippen MR) is 161 cm³/mol. The largest absolute Gasteiger partial charge is 0.306 e. The Bertz CT molecular complexity index is 1670. The second kappa shape index (κ2) is 11.2. The van der Waals surface area contributed by atoms with E-state index in [1.54, 1.807) is 12.1 Å². The highest BCUT2D eigenvalue weighted by molar-refractivity contribution is 7.89. The summed E-state index contributed by atoms with van der Waals surface area (Å²) in [4.78, 5) is 20.8. The van der Waals surface area contributed by atoms with Crippen molar-refractivity contribution in [2.75, 3.05) is 4.90 Å². The second-order valence-electron chi connectivity index (χ2n) is 11.1. The van der Waals surface area contributed by atoms with Crippen LogP contribution >= 0.6 is 0 Å². The van der Waals surface area contributed by atoms with Crippen molar-refractivity contribution in [1.29, 1.82) is 0 Å². The number of benzene rings is 3. The van der Waals surface area contributed by atoms with Gasteiger partial charge in [0.15, 0.2) is 0 Å². The fourth-order valence-electron chi connectivity index (χ4n) is 5.92. The first-order chi connectivity index (χ1) is 19.8. The van der Waals surface area contributed by atoms with Gasteiger partial charge in [-0.1, -0.05) is 61.5 Å². The molecule has 1 amide bonds. The van der Waals surface area contributed by atoms with Crippen LogP contribution in [0.2, 0.25) is 0 Å². The normalized spacial score (nSPS) is 19.5. The molecular weight excluding hydrogens is 530 g/mol. The van der Waals surface area contributed by atoms with E-state index >= 15 is 0 Å². The molecule has 6 nitrogen and oxygen atoms in total. The van der Waals surface area contributed by atoms with E-state index in [1.165, 1.54) is 5.56 Å². The number of nitrogens with zero attached hydrogens (tertiary/aromatic N) is 2. The van der Waals surface area contributed by atoms with E-state index in [0.29, 0.717) is 13.0 Å². The van der Waals surface area contributed by atoms with Gasteiger partial charge in [0, 0.05) is 23.3 Å². The van der Waals surface area contributed by atoms with Crippen molar-refractivity contribution >= 4 is 21.6 Å². The quantitative estimate of drug-likeness (QED) is 0.260. The summed E-state index contributed by atoms with van der Waals surface area (Å²) >= 11 is 0. The van der Waals surface area contributed by atoms with Crippen LogP contribution in [0.5, 0.6) is 0 Å². The zero-order valence-electron chi connectivity index (χ0n) is 23.5. The molecule has 1 saturated carbocycles. The average molecular weight is 566 g/mol. The number of hydrogen-bond donors (Lipinski definition) is 1. The lowest BCUT2D eigenvalue weighted by Gasteiger charge is -2.25. The number of sulfonamides is 1. The van der Waals surface area contributed by atoms with Gasteiger partial charge < -0.3 is 4.90 Å². The number of fused-ring (bicyclic) bond motifs is 1. The van der Waals surface area contributed by atoms with E-state index in [2.05, 4.69) is 21.8 Å². The molecule has 0 radical (unpaired) electrons. The molecule has 3 aromatic carbocycles. The fourth-order valence-corrected chi connectivity index (χ4v) is 7.17. The van der Waals surface area contributed by atoms with Gasteiger partial charge in [0.25, 0.3) is 0 Å². The van der Waals surface area contributed by atoms with Crippen molar-refractivity contribution in [3.8, 4) is 0 Å². The first-order valence-electron chi connectivity index (χ1n) is 14.4. The summed E-state index contributed by atoms with van der Waals surface area (Å²) in [7, 11) is -3.70. The molecule has 1 heterocycles. The molecule has 1 aromatic heterocycles. The highest BCUT2D eigenvalue weighted by atomic mass is 32.2. The molecule has 1 N–H and O–H groups in total. The highest BCUT2D eigenvalue weighted by Crippen LogP contribution is 2.49. The molecule has 0 spiro atoms. The Morgan fingerprint density at radius 1 is 0.976 bits per heavy atom. The molecule has 0 aliphatic heterocycles. The van der Waals surface area contributed by atoms with E-state index in [9.17, 15) is 13.2 Å². The zero-order chi connectivity index (χ0) is 28.6. The molecule has 210 valence electrons. The Morgan fingerprint density at radius 2 is 1.76 bits per heavy atom. The fraction of sp³-hybridized carbons (Fsp3) is 0.294. The van der Waals surface area contributed by atoms with Gasteiger partial charge in [-0.2, -0.15) is 0 Å². The third kappa shape index (κ3) is 5.83. The van der Waals surface area contributed by atoms with Crippen LogP contribution in [-0.2, 0) is 34.2 Å². The zero-order valence-corrected chi connectivity index (χ0v) is 24.3. The van der Waals surface area contributed by atoms with Crippen LogP contribution in [0.4, 0.5) is 5.69 Å². The maximum Gasteiger partial charge on any atom is 0.241 e. The molecule has 3 atom stereocenters. The SMILES string of the molecule is CCc1ccc(S(=O)(=O)NC2CCc3ccc(N(Cc4cccc(C)n4)C(=O)[C@@H]4C[C@@H]4c4ccccc4)cc32)cc1. The molecule has 1 unspecified atom stereocenters. The van der Waals surface area contributed by atoms with Gasteiger partial charge >= 0.3 is 0 Å². The van der Waals surface area contributed by atoms with Crippen LogP contribution in [0.15, 0.2) is 95.9 Å². The van der Waals surface area contributed by atoms with Gasteiger partial charge in [-0.05, 0) is 97.2 Å². The van der Waals surface area contributed by atoms with Crippen molar-refractivity contribution in [3.63, 3.8) is 0 Å². The molecule has 7 heteroatoms. The Morgan fingerprint density at radius 3 is 2.49 bits per heavy atom. The maximum atomic E-state index is 14.0. The van der Waals surface area contributed by atoms with E-state index in [0.717, 1.165) is 53.0 Å². The van der Waals surface area contributed by atoms with Gasteiger partial charge in [-0.15, -0.1) is 0 Å². The maximum absolute atomic E-state index is 14.0. The molecular formula is C34H35N3O3S. The van der Waals surface area contributed by atoms with Crippen LogP contribution in [-0.4, -0.2) is 19.3 Å². The number of carbonyl (C=O) groups excluding carboxylic acids is 1. The number of carbonyl (C=O) groups is 1. The van der Waals surface area contributed by atoms with Crippen molar-refractivity contribution < 1.29 is 13.2 Å². The van der Waals surface area contributed by atoms with Crippen molar-refractivity contribution in [2.45, 2.75) is 62.9 Å². The first-order valence-corrected chi connectivity index (χ1v) is 15.8. The molecule has 41 heavy (non-hydrogen) atoms. The van der Waals surface area contributed by atoms with Crippen LogP contribution < -0.4 is 9.62 Å². The van der Waals surface area contributed by atoms with Gasteiger partial charge in [0.2, 0.25) is 15.9 Å². The number of aromatic nitrogens is 1. The third-order valence-electron chi connectivity index (χ3n) is 8.33. The third-order valence-corrected chi connectivity index (χ3v) is 9.81. The summed E-state index contributed by atoms with van der Waals surface area (Å²) < 4.78 is 29.5. The number of aryl methyl sites for hydroxylation is 3. The summed E-state index contributed by atoms with van der Waals surface area (Å²) in [6.45, 7) is 4.35. The number of hydrogen-bond acceptors (Lipinski definition) is 4. The highest BCUT2D eigenvalue weighted by Gasteiger charge is 2.46. The number of nitrogens with one attached hydrogen (secondary N) is 1. The minimum atomic E-state index is -3.70. The lowest BCUT2D eigenvalue weighted by Crippen LogP contribution is -2.33. The predicted octanol–water partition coefficient (Wildman–Crippen LogP) is 6.26. The lowest BCUT2D eigenvalue weighted by atomic mass is 10.1. The summed E-state index contributed by atoms with van der Waals surface area (Å²) in [6.07, 6.45) is 3.14. The van der Waals surface area contributed by atoms with Crippen LogP contribution in [0, 0.1) is 12.8 Å². The van der Waals surface area contributed by atoms with E-state index < -0.39 is 10.0 Å². The monoisotopic (exact) mass is 565 g/mol. The number of anilines is 1. The van der Waals surface area contributed by atoms with Gasteiger partial charge in [-0.25, -0.2) is 13.1 Å². The number of rotatable bonds is 9. The standard InChI is InChI=1S/C34H35N3O3S/c1-3-24-12-17-29(18-13-24)41(39,40)36-33-19-15-26-14-16-28(20-31(26)33)37(22-27-11-7-8-23(2)35-27)34(38)32-21-30(32)25-9-5-4-6-10-25/h4-14,16-18,20,30,32-33,36H,3,15,19,21-22H2,1-2H3/t30-,32-,33?/m1/s1. The lowest BCUT2D eigenvalue weighted by molar-refractivity contribution is -0.120. The minimum Gasteiger partial charge on any atom is -0.306 e. The second-order valence-corrected chi connectivity index (χ2v) is 12.9. The molecule has 2 aliphatic carbocycles. The number of amides is 1. The molecule has 2 aliphatic rings. The number of pyridine rings is 1. The smallest absolute Gasteiger partial charge is 0.241 e. The summed E-state index contributed by atoms with van der Waals surface area (Å²) in [5, 5.41) is 0. The Kier molecular flexibility index (Phi) is 7.49. The van der Waals surface area contributed by atoms with E-state index in [4.69, 9.17) is 0 Å². The molecule has 1 fully saturated rings. The van der Waals surface area contributed by atoms with Crippen molar-refractivity contribution in [1.82, 2.24) is 9.71 Å². The average Bonchev–Trinajstić information content (AvgIpc) is 3.71. The van der Waals surface area contributed by atoms with Crippen molar-refractivity contribution in [2.24, 2.45) is 5.92 Å². The van der Waals surface area contributed by atoms with Crippen LogP contribution in [0.3, 0.4) is 0 Å². The van der Waals surface area contributed by atoms with E-state index in [-0.39, 0.29) is 28.7 Å². The summed E-state index contributed by atoms with van der Waals surface area (Å²) in [6, 6.07) is 28.8. The minimum absolute atomic E-state index is 0.0771. The van der Waals surface area contributed by atoms with Crippen LogP contribution in [0.25, 0.3) is 0 Å². The first kappa shape index (κ1) is 27.4. The van der Waals surface area contributed by atoms with Crippen molar-refractivity contribution in [3.05, 3.63) is 125 Å². The van der Waals surface area contributed by atoms with Gasteiger partial charge in [-0.3, -0.25) is 9.78 Å². The Labute approximate surface area is 242 Å². The Hall–Kier alpha value is -3.81. The molecule has 6 rings (SSSR count). The summed E-state index contributed by atoms with van der Waals surface area (Å²) in [5.74, 6) is 0.203. The molecule has 4 aromatic rings. The molecule has 0 saturated heterocycles. The van der Waals surface area contributed by atoms with Crippen LogP contribution in [0.1, 0.15) is 65.4 Å². The van der Waals surface area contributed by atoms with Gasteiger partial charge in [0.05, 0.1) is 17.1 Å². The summed E-state index contributed by atoms with van der Waals surface area (Å²) in [5.41, 5.74) is 6.82. The Balaban J connectivity index is 1.29.